The molecule has 1 aliphatic rings. The zero-order valence-electron chi connectivity index (χ0n) is 13.8. The molecule has 0 saturated carbocycles. The van der Waals surface area contributed by atoms with Crippen molar-refractivity contribution in [2.75, 3.05) is 58.4 Å². The Hall–Kier alpha value is -0.210. The Kier molecular flexibility index (Phi) is 9.51. The molecule has 1 rings (SSSR count). The van der Waals surface area contributed by atoms with Crippen LogP contribution in [0.4, 0.5) is 0 Å². The van der Waals surface area contributed by atoms with E-state index in [0.29, 0.717) is 19.6 Å². The Morgan fingerprint density at radius 2 is 1.59 bits per heavy atom. The number of rotatable bonds is 13. The highest BCUT2D eigenvalue weighted by atomic mass is 32.2. The van der Waals surface area contributed by atoms with Gasteiger partial charge in [0.25, 0.3) is 0 Å². The lowest BCUT2D eigenvalue weighted by Gasteiger charge is -2.34. The van der Waals surface area contributed by atoms with Crippen LogP contribution < -0.4 is 0 Å². The Labute approximate surface area is 135 Å². The predicted molar refractivity (Wildman–Crippen MR) is 84.7 cm³/mol. The van der Waals surface area contributed by atoms with Gasteiger partial charge in [-0.25, -0.2) is 8.42 Å². The minimum Gasteiger partial charge on any atom is -0.748 e. The molecular weight excluding hydrogens is 306 g/mol. The van der Waals surface area contributed by atoms with Crippen molar-refractivity contribution in [3.8, 4) is 0 Å². The number of unbranched alkanes of at least 4 members (excludes halogenated alkanes) is 1. The van der Waals surface area contributed by atoms with Gasteiger partial charge >= 0.3 is 0 Å². The van der Waals surface area contributed by atoms with Crippen LogP contribution in [-0.2, 0) is 19.6 Å². The van der Waals surface area contributed by atoms with Gasteiger partial charge in [0.1, 0.15) is 6.54 Å². The van der Waals surface area contributed by atoms with Crippen molar-refractivity contribution in [3.05, 3.63) is 0 Å². The van der Waals surface area contributed by atoms with Crippen LogP contribution in [0.15, 0.2) is 0 Å². The number of nitrogens with zero attached hydrogens (tertiary/aromatic N) is 1. The van der Waals surface area contributed by atoms with Crippen molar-refractivity contribution in [2.45, 2.75) is 39.0 Å². The summed E-state index contributed by atoms with van der Waals surface area (Å²) in [5.41, 5.74) is 0. The topological polar surface area (TPSA) is 75.7 Å². The minimum absolute atomic E-state index is 0.238. The number of hydrogen-bond donors (Lipinski definition) is 0. The van der Waals surface area contributed by atoms with Crippen molar-refractivity contribution >= 4 is 10.1 Å². The molecule has 1 aliphatic heterocycles. The summed E-state index contributed by atoms with van der Waals surface area (Å²) in [7, 11) is -4.07. The van der Waals surface area contributed by atoms with Gasteiger partial charge in [-0.1, -0.05) is 6.92 Å². The molecule has 0 radical (unpaired) electrons. The fraction of sp³-hybridized carbons (Fsp3) is 1.00. The molecule has 1 saturated heterocycles. The molecule has 0 aliphatic carbocycles. The van der Waals surface area contributed by atoms with E-state index in [0.717, 1.165) is 56.7 Å². The average Bonchev–Trinajstić information content (AvgIpc) is 2.91. The third-order valence-electron chi connectivity index (χ3n) is 4.22. The smallest absolute Gasteiger partial charge is 0.102 e. The van der Waals surface area contributed by atoms with Gasteiger partial charge in [0.05, 0.1) is 49.6 Å². The SMILES string of the molecule is CCCOCCOCC[N+]1(CCCCS(=O)(=O)[O-])CCCC1. The quantitative estimate of drug-likeness (QED) is 0.288. The van der Waals surface area contributed by atoms with E-state index >= 15 is 0 Å². The van der Waals surface area contributed by atoms with Gasteiger partial charge in [-0.2, -0.15) is 0 Å². The van der Waals surface area contributed by atoms with Gasteiger partial charge in [-0.05, 0) is 19.3 Å². The second-order valence-electron chi connectivity index (χ2n) is 6.14. The highest BCUT2D eigenvalue weighted by molar-refractivity contribution is 7.85. The van der Waals surface area contributed by atoms with Crippen LogP contribution in [0, 0.1) is 0 Å². The molecule has 0 spiro atoms. The van der Waals surface area contributed by atoms with Gasteiger partial charge in [0.15, 0.2) is 0 Å². The van der Waals surface area contributed by atoms with Gasteiger partial charge in [-0.3, -0.25) is 0 Å². The van der Waals surface area contributed by atoms with E-state index in [1.165, 1.54) is 12.8 Å². The molecule has 1 fully saturated rings. The van der Waals surface area contributed by atoms with Crippen molar-refractivity contribution < 1.29 is 26.9 Å². The summed E-state index contributed by atoms with van der Waals surface area (Å²) in [6, 6.07) is 0. The highest BCUT2D eigenvalue weighted by Crippen LogP contribution is 2.20. The van der Waals surface area contributed by atoms with E-state index in [4.69, 9.17) is 9.47 Å². The zero-order valence-corrected chi connectivity index (χ0v) is 14.6. The van der Waals surface area contributed by atoms with E-state index in [1.807, 2.05) is 0 Å². The first-order valence-corrected chi connectivity index (χ1v) is 9.99. The molecule has 1 heterocycles. The number of quaternary nitrogens is 1. The Morgan fingerprint density at radius 1 is 0.955 bits per heavy atom. The third-order valence-corrected chi connectivity index (χ3v) is 5.01. The van der Waals surface area contributed by atoms with Crippen LogP contribution in [0.1, 0.15) is 39.0 Å². The monoisotopic (exact) mass is 337 g/mol. The number of ether oxygens (including phenoxy) is 2. The van der Waals surface area contributed by atoms with Crippen molar-refractivity contribution in [1.82, 2.24) is 0 Å². The van der Waals surface area contributed by atoms with Gasteiger partial charge in [-0.15, -0.1) is 0 Å². The predicted octanol–water partition coefficient (Wildman–Crippen LogP) is 1.37. The van der Waals surface area contributed by atoms with Crippen LogP contribution in [0.5, 0.6) is 0 Å². The fourth-order valence-corrected chi connectivity index (χ4v) is 3.57. The van der Waals surface area contributed by atoms with Gasteiger partial charge < -0.3 is 18.5 Å². The third kappa shape index (κ3) is 9.05. The highest BCUT2D eigenvalue weighted by Gasteiger charge is 2.30. The normalized spacial score (nSPS) is 17.9. The lowest BCUT2D eigenvalue weighted by Crippen LogP contribution is -2.48. The maximum absolute atomic E-state index is 10.6. The maximum Gasteiger partial charge on any atom is 0.102 e. The lowest BCUT2D eigenvalue weighted by atomic mass is 10.2. The first-order valence-electron chi connectivity index (χ1n) is 8.42. The summed E-state index contributed by atoms with van der Waals surface area (Å²) < 4.78 is 43.9. The summed E-state index contributed by atoms with van der Waals surface area (Å²) in [5, 5.41) is 0. The minimum atomic E-state index is -4.07. The first kappa shape index (κ1) is 19.8. The van der Waals surface area contributed by atoms with Crippen LogP contribution in [0.3, 0.4) is 0 Å². The number of likely N-dealkylation sites (tertiary alicyclic amines) is 1. The zero-order chi connectivity index (χ0) is 16.3. The summed E-state index contributed by atoms with van der Waals surface area (Å²) in [6.45, 7) is 9.06. The van der Waals surface area contributed by atoms with E-state index < -0.39 is 10.1 Å². The molecule has 22 heavy (non-hydrogen) atoms. The molecule has 132 valence electrons. The Bertz CT molecular complexity index is 379. The summed E-state index contributed by atoms with van der Waals surface area (Å²) in [5.74, 6) is -0.238. The van der Waals surface area contributed by atoms with E-state index in [1.54, 1.807) is 0 Å². The van der Waals surface area contributed by atoms with E-state index in [2.05, 4.69) is 6.92 Å². The van der Waals surface area contributed by atoms with Crippen LogP contribution in [0.2, 0.25) is 0 Å². The molecule has 0 bridgehead atoms. The lowest BCUT2D eigenvalue weighted by molar-refractivity contribution is -0.917. The molecule has 0 amide bonds. The molecule has 0 N–H and O–H groups in total. The van der Waals surface area contributed by atoms with Crippen LogP contribution in [-0.4, -0.2) is 75.8 Å². The van der Waals surface area contributed by atoms with Crippen molar-refractivity contribution in [2.24, 2.45) is 0 Å². The first-order chi connectivity index (χ1) is 10.5. The van der Waals surface area contributed by atoms with Gasteiger partial charge in [0, 0.05) is 25.2 Å². The van der Waals surface area contributed by atoms with E-state index in [9.17, 15) is 13.0 Å². The van der Waals surface area contributed by atoms with E-state index in [-0.39, 0.29) is 5.75 Å². The Balaban J connectivity index is 2.17. The average molecular weight is 337 g/mol. The Morgan fingerprint density at radius 3 is 2.18 bits per heavy atom. The second kappa shape index (κ2) is 10.5. The van der Waals surface area contributed by atoms with Crippen LogP contribution >= 0.6 is 0 Å². The van der Waals surface area contributed by atoms with Gasteiger partial charge in [0.2, 0.25) is 0 Å². The molecule has 0 aromatic heterocycles. The summed E-state index contributed by atoms with van der Waals surface area (Å²) in [6.07, 6.45) is 4.73. The maximum atomic E-state index is 10.6. The molecule has 0 atom stereocenters. The molecule has 0 unspecified atom stereocenters. The number of hydrogen-bond acceptors (Lipinski definition) is 5. The summed E-state index contributed by atoms with van der Waals surface area (Å²) >= 11 is 0. The fourth-order valence-electron chi connectivity index (χ4n) is 3.02. The standard InChI is InChI=1S/C15H31NO5S/c1-2-11-20-13-14-21-12-10-16(7-3-4-8-16)9-5-6-15-22(17,18)19/h2-15H2,1H3. The molecular formula is C15H31NO5S. The largest absolute Gasteiger partial charge is 0.748 e. The second-order valence-corrected chi connectivity index (χ2v) is 7.66. The van der Waals surface area contributed by atoms with Crippen molar-refractivity contribution in [1.29, 1.82) is 0 Å². The van der Waals surface area contributed by atoms with Crippen molar-refractivity contribution in [3.63, 3.8) is 0 Å². The molecule has 0 aromatic rings. The molecule has 6 nitrogen and oxygen atoms in total. The molecule has 7 heteroatoms. The summed E-state index contributed by atoms with van der Waals surface area (Å²) in [4.78, 5) is 0. The van der Waals surface area contributed by atoms with Crippen LogP contribution in [0.25, 0.3) is 0 Å². The molecule has 0 aromatic carbocycles.